The second-order valence-electron chi connectivity index (χ2n) is 10.6. The zero-order valence-electron chi connectivity index (χ0n) is 23.3. The lowest BCUT2D eigenvalue weighted by Gasteiger charge is -2.35. The van der Waals surface area contributed by atoms with Crippen LogP contribution in [0.2, 0.25) is 0 Å². The highest BCUT2D eigenvalue weighted by Crippen LogP contribution is 2.27. The molecule has 0 aromatic heterocycles. The third-order valence-corrected chi connectivity index (χ3v) is 10.3. The molecule has 40 heavy (non-hydrogen) atoms. The number of carbonyl (C=O) groups excluding carboxylic acids is 1. The molecule has 2 N–H and O–H groups in total. The Labute approximate surface area is 242 Å². The van der Waals surface area contributed by atoms with Crippen LogP contribution in [0.5, 0.6) is 0 Å². The lowest BCUT2D eigenvalue weighted by molar-refractivity contribution is 0.220. The Kier molecular flexibility index (Phi) is 9.38. The van der Waals surface area contributed by atoms with Crippen LogP contribution in [-0.2, 0) is 32.7 Å². The number of amides is 2. The Bertz CT molecular complexity index is 1360. The Balaban J connectivity index is 1.61. The van der Waals surface area contributed by atoms with Gasteiger partial charge < -0.3 is 10.6 Å². The number of carbonyl (C=O) groups is 1. The molecule has 4 aromatic rings. The van der Waals surface area contributed by atoms with Gasteiger partial charge in [0.1, 0.15) is 0 Å². The number of hydrogen-bond acceptors (Lipinski definition) is 3. The average Bonchev–Trinajstić information content (AvgIpc) is 2.94. The zero-order chi connectivity index (χ0) is 28.8. The van der Waals surface area contributed by atoms with Gasteiger partial charge in [0.25, 0.3) is 0 Å². The molecule has 0 saturated heterocycles. The van der Waals surface area contributed by atoms with E-state index in [2.05, 4.69) is 10.6 Å². The summed E-state index contributed by atoms with van der Waals surface area (Å²) in [4.78, 5) is 15.1. The molecule has 4 aromatic carbocycles. The van der Waals surface area contributed by atoms with E-state index < -0.39 is 38.7 Å². The molecule has 2 amide bonds. The third-order valence-electron chi connectivity index (χ3n) is 7.01. The SMILES string of the molecule is Cc1ccc([S@@](=O)C[C@@](C)(NC(=O)N[C@](C)(C[S@](=O)c2ccc(C)cc2)c2ccccc2)c2ccccc2)cc1. The van der Waals surface area contributed by atoms with E-state index in [4.69, 9.17) is 0 Å². The molecule has 5 nitrogen and oxygen atoms in total. The topological polar surface area (TPSA) is 75.3 Å². The van der Waals surface area contributed by atoms with Crippen molar-refractivity contribution in [3.63, 3.8) is 0 Å². The number of urea groups is 1. The van der Waals surface area contributed by atoms with Crippen LogP contribution in [-0.4, -0.2) is 26.0 Å². The number of rotatable bonds is 10. The maximum Gasteiger partial charge on any atom is 0.316 e. The fourth-order valence-electron chi connectivity index (χ4n) is 4.60. The Hall–Kier alpha value is -3.55. The number of hydrogen-bond donors (Lipinski definition) is 2. The molecule has 0 aliphatic carbocycles. The van der Waals surface area contributed by atoms with Crippen LogP contribution in [0.15, 0.2) is 119 Å². The highest BCUT2D eigenvalue weighted by molar-refractivity contribution is 7.85. The monoisotopic (exact) mass is 572 g/mol. The molecule has 0 fully saturated rings. The van der Waals surface area contributed by atoms with Gasteiger partial charge in [0.2, 0.25) is 0 Å². The van der Waals surface area contributed by atoms with Gasteiger partial charge in [-0.25, -0.2) is 4.79 Å². The first-order chi connectivity index (χ1) is 19.1. The summed E-state index contributed by atoms with van der Waals surface area (Å²) >= 11 is 0. The van der Waals surface area contributed by atoms with Crippen LogP contribution in [0.1, 0.15) is 36.1 Å². The average molecular weight is 573 g/mol. The van der Waals surface area contributed by atoms with Gasteiger partial charge in [0.05, 0.1) is 44.2 Å². The fourth-order valence-corrected chi connectivity index (χ4v) is 7.34. The van der Waals surface area contributed by atoms with E-state index >= 15 is 0 Å². The van der Waals surface area contributed by atoms with Crippen molar-refractivity contribution in [2.45, 2.75) is 48.6 Å². The van der Waals surface area contributed by atoms with E-state index in [-0.39, 0.29) is 11.5 Å². The third kappa shape index (κ3) is 7.34. The number of nitrogens with one attached hydrogen (secondary N) is 2. The van der Waals surface area contributed by atoms with E-state index in [1.54, 1.807) is 0 Å². The van der Waals surface area contributed by atoms with Gasteiger partial charge in [-0.15, -0.1) is 0 Å². The normalized spacial score (nSPS) is 15.7. The van der Waals surface area contributed by atoms with Crippen molar-refractivity contribution >= 4 is 27.6 Å². The largest absolute Gasteiger partial charge is 0.328 e. The standard InChI is InChI=1S/C33H36N2O3S2/c1-25-15-19-29(20-16-25)39(37)23-32(3,27-11-7-5-8-12-27)34-31(36)35-33(4,28-13-9-6-10-14-28)24-40(38)30-21-17-26(2)18-22-30/h5-22H,23-24H2,1-4H3,(H2,34,35,36)/t32-,33-,39+,40+/m1/s1. The van der Waals surface area contributed by atoms with Gasteiger partial charge in [-0.05, 0) is 63.1 Å². The van der Waals surface area contributed by atoms with Crippen molar-refractivity contribution < 1.29 is 13.2 Å². The number of benzene rings is 4. The molecule has 7 heteroatoms. The van der Waals surface area contributed by atoms with Crippen LogP contribution in [0.3, 0.4) is 0 Å². The fraction of sp³-hybridized carbons (Fsp3) is 0.242. The van der Waals surface area contributed by atoms with E-state index in [1.807, 2.05) is 137 Å². The summed E-state index contributed by atoms with van der Waals surface area (Å²) in [6.07, 6.45) is 0. The quantitative estimate of drug-likeness (QED) is 0.233. The maximum atomic E-state index is 13.7. The van der Waals surface area contributed by atoms with E-state index in [9.17, 15) is 13.2 Å². The predicted molar refractivity (Wildman–Crippen MR) is 164 cm³/mol. The van der Waals surface area contributed by atoms with Crippen LogP contribution in [0, 0.1) is 13.8 Å². The molecule has 4 rings (SSSR count). The van der Waals surface area contributed by atoms with E-state index in [1.165, 1.54) is 0 Å². The summed E-state index contributed by atoms with van der Waals surface area (Å²) in [7, 11) is -2.73. The summed E-state index contributed by atoms with van der Waals surface area (Å²) in [6.45, 7) is 7.75. The van der Waals surface area contributed by atoms with Crippen molar-refractivity contribution in [3.8, 4) is 0 Å². The molecule has 4 atom stereocenters. The summed E-state index contributed by atoms with van der Waals surface area (Å²) in [5.41, 5.74) is 1.99. The van der Waals surface area contributed by atoms with Crippen molar-refractivity contribution in [2.75, 3.05) is 11.5 Å². The zero-order valence-corrected chi connectivity index (χ0v) is 25.0. The molecular weight excluding hydrogens is 537 g/mol. The summed E-state index contributed by atoms with van der Waals surface area (Å²) in [5.74, 6) is 0.371. The molecule has 0 aliphatic rings. The highest BCUT2D eigenvalue weighted by atomic mass is 32.2. The summed E-state index contributed by atoms with van der Waals surface area (Å²) in [6, 6.07) is 33.9. The Morgan fingerprint density at radius 1 is 0.575 bits per heavy atom. The van der Waals surface area contributed by atoms with Gasteiger partial charge in [0.15, 0.2) is 0 Å². The smallest absolute Gasteiger partial charge is 0.316 e. The minimum absolute atomic E-state index is 0.185. The van der Waals surface area contributed by atoms with Crippen molar-refractivity contribution in [3.05, 3.63) is 131 Å². The van der Waals surface area contributed by atoms with Crippen LogP contribution in [0.25, 0.3) is 0 Å². The molecular formula is C33H36N2O3S2. The summed E-state index contributed by atoms with van der Waals surface area (Å²) in [5, 5.41) is 6.25. The van der Waals surface area contributed by atoms with Gasteiger partial charge >= 0.3 is 6.03 Å². The summed E-state index contributed by atoms with van der Waals surface area (Å²) < 4.78 is 26.9. The molecule has 208 valence electrons. The number of aryl methyl sites for hydroxylation is 2. The molecule has 0 saturated carbocycles. The van der Waals surface area contributed by atoms with Gasteiger partial charge in [0, 0.05) is 9.79 Å². The Morgan fingerprint density at radius 3 is 1.23 bits per heavy atom. The minimum atomic E-state index is -1.36. The first-order valence-electron chi connectivity index (χ1n) is 13.2. The van der Waals surface area contributed by atoms with Crippen molar-refractivity contribution in [1.29, 1.82) is 0 Å². The minimum Gasteiger partial charge on any atom is -0.328 e. The molecule has 0 bridgehead atoms. The van der Waals surface area contributed by atoms with Gasteiger partial charge in [-0.3, -0.25) is 8.42 Å². The van der Waals surface area contributed by atoms with E-state index in [0.29, 0.717) is 9.79 Å². The second-order valence-corrected chi connectivity index (χ2v) is 13.5. The molecule has 0 radical (unpaired) electrons. The molecule has 0 spiro atoms. The predicted octanol–water partition coefficient (Wildman–Crippen LogP) is 6.35. The first kappa shape index (κ1) is 29.4. The van der Waals surface area contributed by atoms with Gasteiger partial charge in [-0.1, -0.05) is 96.1 Å². The van der Waals surface area contributed by atoms with Crippen molar-refractivity contribution in [1.82, 2.24) is 10.6 Å². The first-order valence-corrected chi connectivity index (χ1v) is 15.8. The van der Waals surface area contributed by atoms with Crippen LogP contribution in [0.4, 0.5) is 4.79 Å². The molecule has 0 heterocycles. The Morgan fingerprint density at radius 2 is 0.900 bits per heavy atom. The lowest BCUT2D eigenvalue weighted by atomic mass is 9.93. The highest BCUT2D eigenvalue weighted by Gasteiger charge is 2.36. The second kappa shape index (κ2) is 12.7. The van der Waals surface area contributed by atoms with Gasteiger partial charge in [-0.2, -0.15) is 0 Å². The molecule has 0 unspecified atom stereocenters. The maximum absolute atomic E-state index is 13.7. The van der Waals surface area contributed by atoms with Crippen molar-refractivity contribution in [2.24, 2.45) is 0 Å². The molecule has 0 aliphatic heterocycles. The lowest BCUT2D eigenvalue weighted by Crippen LogP contribution is -2.57. The van der Waals surface area contributed by atoms with Crippen LogP contribution >= 0.6 is 0 Å². The van der Waals surface area contributed by atoms with Crippen LogP contribution < -0.4 is 10.6 Å². The van der Waals surface area contributed by atoms with E-state index in [0.717, 1.165) is 22.3 Å².